The number of hydrogen-bond acceptors (Lipinski definition) is 7. The van der Waals surface area contributed by atoms with E-state index in [2.05, 4.69) is 9.72 Å². The van der Waals surface area contributed by atoms with Crippen LogP contribution in [-0.4, -0.2) is 44.6 Å². The molecule has 0 bridgehead atoms. The number of aromatic carboxylic acids is 1. The Morgan fingerprint density at radius 2 is 1.45 bits per heavy atom. The standard InChI is InChI=1S/C35H30N2O6S/c1-4-37-30-15-13-23(33(39)25-10-6-5-9-21(25)2)19-27(30)28-20-24(14-16-31(28)37)34(40)29(36-43-22(3)38)17-18-44-32-12-8-7-11-26(32)35(41)42/h5-16,19-20H,4,17-18H2,1-3H3,(H,41,42)/b36-29+. The predicted molar refractivity (Wildman–Crippen MR) is 172 cm³/mol. The van der Waals surface area contributed by atoms with E-state index in [1.807, 2.05) is 62.4 Å². The minimum absolute atomic E-state index is 0.0366. The number of Topliss-reactive ketones (excluding diaryl/α,β-unsaturated/α-hetero) is 1. The van der Waals surface area contributed by atoms with E-state index in [1.54, 1.807) is 30.3 Å². The number of fused-ring (bicyclic) bond motifs is 3. The summed E-state index contributed by atoms with van der Waals surface area (Å²) in [7, 11) is 0. The second kappa shape index (κ2) is 13.1. The molecule has 0 fully saturated rings. The molecule has 0 radical (unpaired) electrons. The number of rotatable bonds is 11. The van der Waals surface area contributed by atoms with Crippen molar-refractivity contribution in [1.29, 1.82) is 0 Å². The lowest BCUT2D eigenvalue weighted by Gasteiger charge is -2.08. The maximum Gasteiger partial charge on any atom is 0.336 e. The molecule has 1 N–H and O–H groups in total. The van der Waals surface area contributed by atoms with Crippen LogP contribution in [0.5, 0.6) is 0 Å². The fourth-order valence-electron chi connectivity index (χ4n) is 5.22. The molecule has 1 heterocycles. The Hall–Kier alpha value is -5.02. The Morgan fingerprint density at radius 3 is 2.09 bits per heavy atom. The van der Waals surface area contributed by atoms with Gasteiger partial charge in [-0.3, -0.25) is 9.59 Å². The van der Waals surface area contributed by atoms with Crippen molar-refractivity contribution in [3.8, 4) is 0 Å². The van der Waals surface area contributed by atoms with Gasteiger partial charge >= 0.3 is 11.9 Å². The molecule has 0 aliphatic carbocycles. The Balaban J connectivity index is 1.50. The number of oxime groups is 1. The smallest absolute Gasteiger partial charge is 0.336 e. The van der Waals surface area contributed by atoms with Crippen molar-refractivity contribution in [1.82, 2.24) is 4.57 Å². The maximum absolute atomic E-state index is 13.7. The zero-order valence-corrected chi connectivity index (χ0v) is 25.3. The average molecular weight is 607 g/mol. The molecule has 44 heavy (non-hydrogen) atoms. The highest BCUT2D eigenvalue weighted by atomic mass is 32.2. The number of hydrogen-bond donors (Lipinski definition) is 1. The number of carboxylic acid groups (broad SMARTS) is 1. The minimum atomic E-state index is -1.04. The zero-order chi connectivity index (χ0) is 31.4. The van der Waals surface area contributed by atoms with Gasteiger partial charge in [0, 0.05) is 69.0 Å². The highest BCUT2D eigenvalue weighted by Gasteiger charge is 2.20. The van der Waals surface area contributed by atoms with Crippen molar-refractivity contribution < 1.29 is 29.1 Å². The number of carbonyl (C=O) groups is 4. The molecule has 0 unspecified atom stereocenters. The number of carboxylic acids is 1. The lowest BCUT2D eigenvalue weighted by molar-refractivity contribution is -0.140. The van der Waals surface area contributed by atoms with Crippen molar-refractivity contribution in [2.45, 2.75) is 38.6 Å². The van der Waals surface area contributed by atoms with Gasteiger partial charge in [0.1, 0.15) is 5.71 Å². The molecule has 5 aromatic rings. The number of thioether (sulfide) groups is 1. The fourth-order valence-corrected chi connectivity index (χ4v) is 6.22. The van der Waals surface area contributed by atoms with Crippen LogP contribution in [0.15, 0.2) is 95.0 Å². The summed E-state index contributed by atoms with van der Waals surface area (Å²) in [5, 5.41) is 15.0. The van der Waals surface area contributed by atoms with Gasteiger partial charge in [-0.05, 0) is 67.9 Å². The fraction of sp³-hybridized carbons (Fsp3) is 0.171. The molecule has 0 amide bonds. The van der Waals surface area contributed by atoms with Crippen molar-refractivity contribution in [3.63, 3.8) is 0 Å². The predicted octanol–water partition coefficient (Wildman–Crippen LogP) is 7.34. The third-order valence-corrected chi connectivity index (χ3v) is 8.43. The first-order valence-corrected chi connectivity index (χ1v) is 15.1. The van der Waals surface area contributed by atoms with E-state index in [1.165, 1.54) is 24.8 Å². The van der Waals surface area contributed by atoms with Gasteiger partial charge in [0.05, 0.1) is 5.56 Å². The highest BCUT2D eigenvalue weighted by molar-refractivity contribution is 7.99. The van der Waals surface area contributed by atoms with E-state index in [-0.39, 0.29) is 23.5 Å². The molecular formula is C35H30N2O6S. The molecule has 4 aromatic carbocycles. The molecule has 0 atom stereocenters. The van der Waals surface area contributed by atoms with Crippen LogP contribution >= 0.6 is 11.8 Å². The Kier molecular flexibility index (Phi) is 9.06. The lowest BCUT2D eigenvalue weighted by atomic mass is 9.97. The Bertz CT molecular complexity index is 1970. The molecule has 0 aliphatic rings. The first-order valence-electron chi connectivity index (χ1n) is 14.1. The first kappa shape index (κ1) is 30.4. The molecule has 0 spiro atoms. The van der Waals surface area contributed by atoms with E-state index < -0.39 is 17.7 Å². The summed E-state index contributed by atoms with van der Waals surface area (Å²) in [6.07, 6.45) is 0.133. The molecule has 0 saturated heterocycles. The van der Waals surface area contributed by atoms with Crippen LogP contribution in [0.2, 0.25) is 0 Å². The lowest BCUT2D eigenvalue weighted by Crippen LogP contribution is -2.17. The van der Waals surface area contributed by atoms with Gasteiger partial charge < -0.3 is 14.5 Å². The average Bonchev–Trinajstić information content (AvgIpc) is 3.34. The second-order valence-corrected chi connectivity index (χ2v) is 11.3. The van der Waals surface area contributed by atoms with Crippen LogP contribution in [0.4, 0.5) is 0 Å². The topological polar surface area (TPSA) is 115 Å². The first-order chi connectivity index (χ1) is 21.2. The van der Waals surface area contributed by atoms with Crippen molar-refractivity contribution in [2.24, 2.45) is 5.16 Å². The summed E-state index contributed by atoms with van der Waals surface area (Å²) in [4.78, 5) is 55.7. The maximum atomic E-state index is 13.7. The van der Waals surface area contributed by atoms with Crippen molar-refractivity contribution in [2.75, 3.05) is 5.75 Å². The van der Waals surface area contributed by atoms with Gasteiger partial charge in [0.15, 0.2) is 5.78 Å². The zero-order valence-electron chi connectivity index (χ0n) is 24.5. The van der Waals surface area contributed by atoms with Gasteiger partial charge in [-0.1, -0.05) is 41.6 Å². The number of aromatic nitrogens is 1. The quantitative estimate of drug-likeness (QED) is 0.0550. The van der Waals surface area contributed by atoms with E-state index in [0.29, 0.717) is 33.9 Å². The summed E-state index contributed by atoms with van der Waals surface area (Å²) in [5.41, 5.74) is 4.49. The van der Waals surface area contributed by atoms with Gasteiger partial charge in [-0.25, -0.2) is 9.59 Å². The molecule has 222 valence electrons. The van der Waals surface area contributed by atoms with Gasteiger partial charge in [-0.2, -0.15) is 0 Å². The molecule has 5 rings (SSSR count). The number of benzene rings is 4. The van der Waals surface area contributed by atoms with Gasteiger partial charge in [-0.15, -0.1) is 11.8 Å². The van der Waals surface area contributed by atoms with Crippen LogP contribution in [0.25, 0.3) is 21.8 Å². The third kappa shape index (κ3) is 6.18. The van der Waals surface area contributed by atoms with E-state index >= 15 is 0 Å². The molecular weight excluding hydrogens is 576 g/mol. The van der Waals surface area contributed by atoms with Gasteiger partial charge in [0.25, 0.3) is 0 Å². The number of carbonyl (C=O) groups excluding carboxylic acids is 3. The van der Waals surface area contributed by atoms with Crippen LogP contribution in [0, 0.1) is 6.92 Å². The minimum Gasteiger partial charge on any atom is -0.478 e. The number of ketones is 2. The summed E-state index contributed by atoms with van der Waals surface area (Å²) < 4.78 is 2.13. The Morgan fingerprint density at radius 1 is 0.841 bits per heavy atom. The molecule has 1 aromatic heterocycles. The summed E-state index contributed by atoms with van der Waals surface area (Å²) in [6.45, 7) is 5.83. The largest absolute Gasteiger partial charge is 0.478 e. The normalized spacial score (nSPS) is 11.6. The summed E-state index contributed by atoms with van der Waals surface area (Å²) in [5.74, 6) is -1.86. The SMILES string of the molecule is CCn1c2ccc(C(=O)/C(CCSc3ccccc3C(=O)O)=N/OC(C)=O)cc2c2cc(C(=O)c3ccccc3C)ccc21. The Labute approximate surface area is 258 Å². The number of nitrogens with zero attached hydrogens (tertiary/aromatic N) is 2. The molecule has 0 aliphatic heterocycles. The van der Waals surface area contributed by atoms with E-state index in [4.69, 9.17) is 4.84 Å². The molecule has 9 heteroatoms. The highest BCUT2D eigenvalue weighted by Crippen LogP contribution is 2.32. The van der Waals surface area contributed by atoms with Crippen LogP contribution in [0.3, 0.4) is 0 Å². The third-order valence-electron chi connectivity index (χ3n) is 7.36. The van der Waals surface area contributed by atoms with Crippen LogP contribution in [-0.2, 0) is 16.2 Å². The van der Waals surface area contributed by atoms with Gasteiger partial charge in [0.2, 0.25) is 5.78 Å². The van der Waals surface area contributed by atoms with Crippen LogP contribution in [0.1, 0.15) is 62.5 Å². The molecule has 0 saturated carbocycles. The van der Waals surface area contributed by atoms with E-state index in [0.717, 1.165) is 27.4 Å². The van der Waals surface area contributed by atoms with Crippen molar-refractivity contribution >= 4 is 62.8 Å². The summed E-state index contributed by atoms with van der Waals surface area (Å²) >= 11 is 1.28. The van der Waals surface area contributed by atoms with Crippen molar-refractivity contribution in [3.05, 3.63) is 113 Å². The second-order valence-electron chi connectivity index (χ2n) is 10.2. The summed E-state index contributed by atoms with van der Waals surface area (Å²) in [6, 6.07) is 25.1. The molecule has 8 nitrogen and oxygen atoms in total. The monoisotopic (exact) mass is 606 g/mol. The van der Waals surface area contributed by atoms with Crippen LogP contribution < -0.4 is 0 Å². The number of aryl methyl sites for hydroxylation is 2. The van der Waals surface area contributed by atoms with E-state index in [9.17, 15) is 24.3 Å².